The predicted molar refractivity (Wildman–Crippen MR) is 77.5 cm³/mol. The summed E-state index contributed by atoms with van der Waals surface area (Å²) >= 11 is 0. The molecule has 0 atom stereocenters. The second-order valence-electron chi connectivity index (χ2n) is 6.25. The average Bonchev–Trinajstić information content (AvgIpc) is 3.04. The molecule has 1 heterocycles. The van der Waals surface area contributed by atoms with Gasteiger partial charge in [-0.3, -0.25) is 4.79 Å². The summed E-state index contributed by atoms with van der Waals surface area (Å²) in [5, 5.41) is 6.43. The molecule has 1 amide bonds. The lowest BCUT2D eigenvalue weighted by Crippen LogP contribution is -2.34. The molecule has 0 spiro atoms. The van der Waals surface area contributed by atoms with Gasteiger partial charge in [0.2, 0.25) is 0 Å². The average molecular weight is 258 g/mol. The Bertz CT molecular complexity index is 490. The molecule has 0 aromatic heterocycles. The minimum absolute atomic E-state index is 0.0721. The number of rotatable bonds is 3. The van der Waals surface area contributed by atoms with Crippen molar-refractivity contribution in [3.05, 3.63) is 29.3 Å². The SMILES string of the molecule is CC1(CNC(=O)c2ccc3c(c2)CCN3)CCCC1. The minimum Gasteiger partial charge on any atom is -0.384 e. The number of nitrogens with one attached hydrogen (secondary N) is 2. The first-order valence-electron chi connectivity index (χ1n) is 7.31. The van der Waals surface area contributed by atoms with Crippen molar-refractivity contribution in [2.24, 2.45) is 5.41 Å². The van der Waals surface area contributed by atoms with Crippen molar-refractivity contribution in [2.45, 2.75) is 39.0 Å². The summed E-state index contributed by atoms with van der Waals surface area (Å²) in [5.74, 6) is 0.0721. The van der Waals surface area contributed by atoms with Crippen LogP contribution in [0.2, 0.25) is 0 Å². The van der Waals surface area contributed by atoms with Gasteiger partial charge in [-0.15, -0.1) is 0 Å². The Morgan fingerprint density at radius 1 is 1.37 bits per heavy atom. The summed E-state index contributed by atoms with van der Waals surface area (Å²) in [7, 11) is 0. The van der Waals surface area contributed by atoms with E-state index in [0.29, 0.717) is 5.41 Å². The van der Waals surface area contributed by atoms with Crippen LogP contribution in [0.25, 0.3) is 0 Å². The molecule has 1 saturated carbocycles. The molecule has 0 unspecified atom stereocenters. The van der Waals surface area contributed by atoms with Crippen molar-refractivity contribution in [2.75, 3.05) is 18.4 Å². The van der Waals surface area contributed by atoms with Gasteiger partial charge in [0.25, 0.3) is 5.91 Å². The Kier molecular flexibility index (Phi) is 3.21. The van der Waals surface area contributed by atoms with Crippen LogP contribution in [0.1, 0.15) is 48.5 Å². The zero-order valence-corrected chi connectivity index (χ0v) is 11.6. The molecule has 1 aromatic rings. The van der Waals surface area contributed by atoms with Gasteiger partial charge in [0.15, 0.2) is 0 Å². The molecule has 0 radical (unpaired) electrons. The third-order valence-electron chi connectivity index (χ3n) is 4.56. The number of anilines is 1. The quantitative estimate of drug-likeness (QED) is 0.875. The molecule has 2 aliphatic rings. The first-order chi connectivity index (χ1) is 9.16. The van der Waals surface area contributed by atoms with E-state index in [9.17, 15) is 4.79 Å². The second kappa shape index (κ2) is 4.87. The third-order valence-corrected chi connectivity index (χ3v) is 4.56. The molecule has 3 rings (SSSR count). The topological polar surface area (TPSA) is 41.1 Å². The van der Waals surface area contributed by atoms with Crippen molar-refractivity contribution in [1.29, 1.82) is 0 Å². The van der Waals surface area contributed by atoms with Crippen LogP contribution < -0.4 is 10.6 Å². The molecule has 3 nitrogen and oxygen atoms in total. The number of hydrogen-bond donors (Lipinski definition) is 2. The fourth-order valence-electron chi connectivity index (χ4n) is 3.25. The van der Waals surface area contributed by atoms with Gasteiger partial charge in [0, 0.05) is 24.3 Å². The molecule has 102 valence electrons. The van der Waals surface area contributed by atoms with E-state index in [1.165, 1.54) is 36.9 Å². The Morgan fingerprint density at radius 2 is 2.16 bits per heavy atom. The van der Waals surface area contributed by atoms with Gasteiger partial charge in [0.1, 0.15) is 0 Å². The van der Waals surface area contributed by atoms with E-state index in [4.69, 9.17) is 0 Å². The van der Waals surface area contributed by atoms with Crippen LogP contribution in [0.5, 0.6) is 0 Å². The predicted octanol–water partition coefficient (Wildman–Crippen LogP) is 2.96. The third kappa shape index (κ3) is 2.60. The Balaban J connectivity index is 1.64. The standard InChI is InChI=1S/C16H22N2O/c1-16(7-2-3-8-16)11-18-15(19)13-4-5-14-12(10-13)6-9-17-14/h4-5,10,17H,2-3,6-9,11H2,1H3,(H,18,19). The summed E-state index contributed by atoms with van der Waals surface area (Å²) in [5.41, 5.74) is 3.55. The maximum absolute atomic E-state index is 12.2. The summed E-state index contributed by atoms with van der Waals surface area (Å²) in [4.78, 5) is 12.2. The normalized spacial score (nSPS) is 19.8. The van der Waals surface area contributed by atoms with Gasteiger partial charge in [-0.05, 0) is 48.4 Å². The van der Waals surface area contributed by atoms with E-state index in [0.717, 1.165) is 25.1 Å². The second-order valence-corrected chi connectivity index (χ2v) is 6.25. The molecular weight excluding hydrogens is 236 g/mol. The van der Waals surface area contributed by atoms with E-state index < -0.39 is 0 Å². The number of carbonyl (C=O) groups is 1. The van der Waals surface area contributed by atoms with Gasteiger partial charge < -0.3 is 10.6 Å². The van der Waals surface area contributed by atoms with Crippen LogP contribution in [-0.2, 0) is 6.42 Å². The van der Waals surface area contributed by atoms with Crippen molar-refractivity contribution >= 4 is 11.6 Å². The van der Waals surface area contributed by atoms with E-state index in [1.54, 1.807) is 0 Å². The molecule has 0 saturated heterocycles. The molecule has 1 aliphatic carbocycles. The molecule has 3 heteroatoms. The maximum atomic E-state index is 12.2. The van der Waals surface area contributed by atoms with Gasteiger partial charge in [-0.1, -0.05) is 19.8 Å². The lowest BCUT2D eigenvalue weighted by atomic mass is 9.89. The van der Waals surface area contributed by atoms with Crippen LogP contribution in [-0.4, -0.2) is 19.0 Å². The molecule has 2 N–H and O–H groups in total. The minimum atomic E-state index is 0.0721. The molecule has 1 aromatic carbocycles. The fourth-order valence-corrected chi connectivity index (χ4v) is 3.25. The number of amides is 1. The molecule has 1 aliphatic heterocycles. The summed E-state index contributed by atoms with van der Waals surface area (Å²) < 4.78 is 0. The Labute approximate surface area is 114 Å². The fraction of sp³-hybridized carbons (Fsp3) is 0.562. The van der Waals surface area contributed by atoms with Crippen LogP contribution >= 0.6 is 0 Å². The first kappa shape index (κ1) is 12.5. The summed E-state index contributed by atoms with van der Waals surface area (Å²) in [6, 6.07) is 5.97. The highest BCUT2D eigenvalue weighted by atomic mass is 16.1. The van der Waals surface area contributed by atoms with Crippen molar-refractivity contribution < 1.29 is 4.79 Å². The lowest BCUT2D eigenvalue weighted by Gasteiger charge is -2.23. The molecule has 1 fully saturated rings. The van der Waals surface area contributed by atoms with Crippen LogP contribution in [0.3, 0.4) is 0 Å². The largest absolute Gasteiger partial charge is 0.384 e. The number of fused-ring (bicyclic) bond motifs is 1. The Morgan fingerprint density at radius 3 is 2.95 bits per heavy atom. The smallest absolute Gasteiger partial charge is 0.251 e. The van der Waals surface area contributed by atoms with Crippen LogP contribution in [0.4, 0.5) is 5.69 Å². The number of carbonyl (C=O) groups excluding carboxylic acids is 1. The maximum Gasteiger partial charge on any atom is 0.251 e. The van der Waals surface area contributed by atoms with E-state index >= 15 is 0 Å². The zero-order chi connectivity index (χ0) is 13.3. The Hall–Kier alpha value is -1.51. The van der Waals surface area contributed by atoms with E-state index in [1.807, 2.05) is 18.2 Å². The monoisotopic (exact) mass is 258 g/mol. The van der Waals surface area contributed by atoms with Gasteiger partial charge in [0.05, 0.1) is 0 Å². The molecule has 19 heavy (non-hydrogen) atoms. The van der Waals surface area contributed by atoms with Gasteiger partial charge >= 0.3 is 0 Å². The summed E-state index contributed by atoms with van der Waals surface area (Å²) in [6.07, 6.45) is 6.10. The van der Waals surface area contributed by atoms with Crippen molar-refractivity contribution in [1.82, 2.24) is 5.32 Å². The number of hydrogen-bond acceptors (Lipinski definition) is 2. The molecular formula is C16H22N2O. The van der Waals surface area contributed by atoms with Gasteiger partial charge in [-0.25, -0.2) is 0 Å². The van der Waals surface area contributed by atoms with E-state index in [2.05, 4.69) is 17.6 Å². The van der Waals surface area contributed by atoms with Crippen LogP contribution in [0.15, 0.2) is 18.2 Å². The van der Waals surface area contributed by atoms with Crippen LogP contribution in [0, 0.1) is 5.41 Å². The van der Waals surface area contributed by atoms with Gasteiger partial charge in [-0.2, -0.15) is 0 Å². The zero-order valence-electron chi connectivity index (χ0n) is 11.6. The van der Waals surface area contributed by atoms with Crippen molar-refractivity contribution in [3.63, 3.8) is 0 Å². The van der Waals surface area contributed by atoms with E-state index in [-0.39, 0.29) is 5.91 Å². The molecule has 0 bridgehead atoms. The summed E-state index contributed by atoms with van der Waals surface area (Å²) in [6.45, 7) is 4.08. The highest BCUT2D eigenvalue weighted by molar-refractivity contribution is 5.95. The lowest BCUT2D eigenvalue weighted by molar-refractivity contribution is 0.0934. The van der Waals surface area contributed by atoms with Crippen molar-refractivity contribution in [3.8, 4) is 0 Å². The number of benzene rings is 1. The first-order valence-corrected chi connectivity index (χ1v) is 7.31. The highest BCUT2D eigenvalue weighted by Gasteiger charge is 2.29. The highest BCUT2D eigenvalue weighted by Crippen LogP contribution is 2.36.